The van der Waals surface area contributed by atoms with Crippen LogP contribution in [0.1, 0.15) is 38.7 Å². The number of imidazole rings is 1. The molecule has 0 amide bonds. The molecule has 0 saturated carbocycles. The maximum Gasteiger partial charge on any atom is 0.336 e. The summed E-state index contributed by atoms with van der Waals surface area (Å²) in [5, 5.41) is 11.9. The second kappa shape index (κ2) is 9.76. The number of hydrogen-bond acceptors (Lipinski definition) is 7. The summed E-state index contributed by atoms with van der Waals surface area (Å²) >= 11 is 0. The maximum absolute atomic E-state index is 13.0. The van der Waals surface area contributed by atoms with Crippen molar-refractivity contribution < 1.29 is 19.1 Å². The van der Waals surface area contributed by atoms with Gasteiger partial charge in [0.2, 0.25) is 0 Å². The Bertz CT molecular complexity index is 1080. The summed E-state index contributed by atoms with van der Waals surface area (Å²) in [5.74, 6) is -1.76. The van der Waals surface area contributed by atoms with E-state index in [-0.39, 0.29) is 19.6 Å². The number of nitrogens with zero attached hydrogens (tertiary/aromatic N) is 3. The summed E-state index contributed by atoms with van der Waals surface area (Å²) in [7, 11) is 0. The van der Waals surface area contributed by atoms with Crippen molar-refractivity contribution in [3.63, 3.8) is 0 Å². The van der Waals surface area contributed by atoms with Crippen molar-refractivity contribution in [2.24, 2.45) is 0 Å². The van der Waals surface area contributed by atoms with Crippen LogP contribution in [0.4, 0.5) is 0 Å². The standard InChI is InChI=1S/C23H24N4O4/c1-4-30-22(28)19-15(2)26-16(3)20(23(29)31-12-6-9-24)21(19)17-7-5-8-18(13-17)27-11-10-25-14-27/h5,7-8,10-11,13-14,21,26H,4,6,12H2,1-3H3. The van der Waals surface area contributed by atoms with Crippen molar-refractivity contribution in [3.8, 4) is 11.8 Å². The van der Waals surface area contributed by atoms with Crippen molar-refractivity contribution in [1.82, 2.24) is 14.9 Å². The zero-order chi connectivity index (χ0) is 22.4. The average Bonchev–Trinajstić information content (AvgIpc) is 3.28. The van der Waals surface area contributed by atoms with Crippen LogP contribution in [0.2, 0.25) is 0 Å². The van der Waals surface area contributed by atoms with Crippen molar-refractivity contribution in [1.29, 1.82) is 5.26 Å². The van der Waals surface area contributed by atoms with Gasteiger partial charge < -0.3 is 19.4 Å². The van der Waals surface area contributed by atoms with Gasteiger partial charge in [-0.2, -0.15) is 5.26 Å². The van der Waals surface area contributed by atoms with Crippen LogP contribution in [0.15, 0.2) is 65.5 Å². The second-order valence-electron chi connectivity index (χ2n) is 6.96. The summed E-state index contributed by atoms with van der Waals surface area (Å²) in [6, 6.07) is 9.49. The summed E-state index contributed by atoms with van der Waals surface area (Å²) in [6.45, 7) is 5.46. The summed E-state index contributed by atoms with van der Waals surface area (Å²) in [6.07, 6.45) is 5.25. The molecule has 1 aliphatic rings. The van der Waals surface area contributed by atoms with Crippen molar-refractivity contribution in [3.05, 3.63) is 71.1 Å². The fraction of sp³-hybridized carbons (Fsp3) is 0.304. The van der Waals surface area contributed by atoms with Gasteiger partial charge in [0.15, 0.2) is 0 Å². The number of benzene rings is 1. The quantitative estimate of drug-likeness (QED) is 0.542. The van der Waals surface area contributed by atoms with Crippen molar-refractivity contribution in [2.75, 3.05) is 13.2 Å². The number of nitrogens with one attached hydrogen (secondary N) is 1. The van der Waals surface area contributed by atoms with Gasteiger partial charge in [-0.3, -0.25) is 0 Å². The summed E-state index contributed by atoms with van der Waals surface area (Å²) in [5.41, 5.74) is 3.44. The SMILES string of the molecule is CCOC(=O)C1=C(C)NC(C)=C(C(=O)OCCC#N)C1c1cccc(-n2ccnc2)c1. The Morgan fingerprint density at radius 1 is 1.19 bits per heavy atom. The highest BCUT2D eigenvalue weighted by atomic mass is 16.5. The van der Waals surface area contributed by atoms with Gasteiger partial charge in [0.1, 0.15) is 6.61 Å². The molecular weight excluding hydrogens is 396 g/mol. The van der Waals surface area contributed by atoms with Gasteiger partial charge >= 0.3 is 11.9 Å². The number of nitriles is 1. The molecule has 0 bridgehead atoms. The lowest BCUT2D eigenvalue weighted by Crippen LogP contribution is -2.32. The molecule has 1 aromatic heterocycles. The molecule has 1 N–H and O–H groups in total. The third-order valence-corrected chi connectivity index (χ3v) is 4.93. The van der Waals surface area contributed by atoms with Gasteiger partial charge in [-0.25, -0.2) is 14.6 Å². The van der Waals surface area contributed by atoms with E-state index in [1.54, 1.807) is 33.3 Å². The predicted molar refractivity (Wildman–Crippen MR) is 113 cm³/mol. The molecule has 1 aliphatic heterocycles. The van der Waals surface area contributed by atoms with Crippen LogP contribution in [-0.4, -0.2) is 34.7 Å². The predicted octanol–water partition coefficient (Wildman–Crippen LogP) is 3.13. The van der Waals surface area contributed by atoms with E-state index in [1.165, 1.54) is 0 Å². The van der Waals surface area contributed by atoms with Crippen LogP contribution in [0.5, 0.6) is 0 Å². The number of hydrogen-bond donors (Lipinski definition) is 1. The normalized spacial score (nSPS) is 15.9. The van der Waals surface area contributed by atoms with Crippen LogP contribution in [0.25, 0.3) is 5.69 Å². The van der Waals surface area contributed by atoms with E-state index in [2.05, 4.69) is 10.3 Å². The van der Waals surface area contributed by atoms with E-state index in [0.717, 1.165) is 11.3 Å². The average molecular weight is 420 g/mol. The molecule has 8 heteroatoms. The highest BCUT2D eigenvalue weighted by Gasteiger charge is 2.38. The van der Waals surface area contributed by atoms with Crippen LogP contribution in [-0.2, 0) is 19.1 Å². The fourth-order valence-corrected chi connectivity index (χ4v) is 3.62. The zero-order valence-electron chi connectivity index (χ0n) is 17.7. The highest BCUT2D eigenvalue weighted by Crippen LogP contribution is 2.39. The third-order valence-electron chi connectivity index (χ3n) is 4.93. The Morgan fingerprint density at radius 2 is 1.90 bits per heavy atom. The Balaban J connectivity index is 2.11. The highest BCUT2D eigenvalue weighted by molar-refractivity contribution is 5.99. The first-order valence-corrected chi connectivity index (χ1v) is 9.96. The molecule has 1 atom stereocenters. The van der Waals surface area contributed by atoms with Gasteiger partial charge in [-0.1, -0.05) is 12.1 Å². The van der Waals surface area contributed by atoms with Gasteiger partial charge in [-0.05, 0) is 38.5 Å². The smallest absolute Gasteiger partial charge is 0.336 e. The summed E-state index contributed by atoms with van der Waals surface area (Å²) < 4.78 is 12.5. The molecule has 2 heterocycles. The van der Waals surface area contributed by atoms with E-state index in [4.69, 9.17) is 14.7 Å². The molecule has 8 nitrogen and oxygen atoms in total. The Labute approximate surface area is 180 Å². The molecule has 2 aromatic rings. The molecular formula is C23H24N4O4. The number of ether oxygens (including phenoxy) is 2. The Hall–Kier alpha value is -3.86. The molecule has 31 heavy (non-hydrogen) atoms. The maximum atomic E-state index is 13.0. The molecule has 0 radical (unpaired) electrons. The van der Waals surface area contributed by atoms with E-state index >= 15 is 0 Å². The number of dihydropyridines is 1. The number of esters is 2. The van der Waals surface area contributed by atoms with Gasteiger partial charge in [0, 0.05) is 29.5 Å². The van der Waals surface area contributed by atoms with E-state index < -0.39 is 17.9 Å². The minimum Gasteiger partial charge on any atom is -0.463 e. The molecule has 1 aromatic carbocycles. The lowest BCUT2D eigenvalue weighted by Gasteiger charge is -2.30. The van der Waals surface area contributed by atoms with Gasteiger partial charge in [0.25, 0.3) is 0 Å². The third kappa shape index (κ3) is 4.67. The number of carbonyl (C=O) groups excluding carboxylic acids is 2. The van der Waals surface area contributed by atoms with Gasteiger partial charge in [0.05, 0.1) is 42.5 Å². The lowest BCUT2D eigenvalue weighted by molar-refractivity contribution is -0.139. The topological polar surface area (TPSA) is 106 Å². The monoisotopic (exact) mass is 420 g/mol. The van der Waals surface area contributed by atoms with Crippen LogP contribution >= 0.6 is 0 Å². The lowest BCUT2D eigenvalue weighted by atomic mass is 9.80. The first kappa shape index (κ1) is 21.8. The van der Waals surface area contributed by atoms with E-state index in [9.17, 15) is 9.59 Å². The molecule has 3 rings (SSSR count). The van der Waals surface area contributed by atoms with Crippen LogP contribution < -0.4 is 5.32 Å². The van der Waals surface area contributed by atoms with Crippen molar-refractivity contribution >= 4 is 11.9 Å². The first-order valence-electron chi connectivity index (χ1n) is 9.96. The Kier molecular flexibility index (Phi) is 6.88. The van der Waals surface area contributed by atoms with Crippen molar-refractivity contribution in [2.45, 2.75) is 33.1 Å². The van der Waals surface area contributed by atoms with Gasteiger partial charge in [-0.15, -0.1) is 0 Å². The second-order valence-corrected chi connectivity index (χ2v) is 6.96. The summed E-state index contributed by atoms with van der Waals surface area (Å²) in [4.78, 5) is 30.0. The molecule has 0 spiro atoms. The van der Waals surface area contributed by atoms with Crippen LogP contribution in [0.3, 0.4) is 0 Å². The molecule has 160 valence electrons. The molecule has 0 aliphatic carbocycles. The van der Waals surface area contributed by atoms with E-state index in [1.807, 2.05) is 41.1 Å². The number of rotatable bonds is 7. The number of allylic oxidation sites excluding steroid dienone is 2. The number of carbonyl (C=O) groups is 2. The fourth-order valence-electron chi connectivity index (χ4n) is 3.62. The van der Waals surface area contributed by atoms with Crippen LogP contribution in [0, 0.1) is 11.3 Å². The largest absolute Gasteiger partial charge is 0.463 e. The molecule has 1 unspecified atom stereocenters. The number of aromatic nitrogens is 2. The minimum absolute atomic E-state index is 0.0225. The first-order chi connectivity index (χ1) is 15.0. The Morgan fingerprint density at radius 3 is 2.52 bits per heavy atom. The minimum atomic E-state index is -0.682. The molecule has 0 saturated heterocycles. The van der Waals surface area contributed by atoms with E-state index in [0.29, 0.717) is 22.5 Å². The molecule has 0 fully saturated rings. The zero-order valence-corrected chi connectivity index (χ0v) is 17.7.